The number of piperidine rings is 1. The predicted molar refractivity (Wildman–Crippen MR) is 87.1 cm³/mol. The second kappa shape index (κ2) is 6.10. The van der Waals surface area contributed by atoms with E-state index in [-0.39, 0.29) is 0 Å². The minimum atomic E-state index is 0.819. The molecule has 1 heterocycles. The van der Waals surface area contributed by atoms with Gasteiger partial charge in [-0.15, -0.1) is 0 Å². The van der Waals surface area contributed by atoms with Crippen molar-refractivity contribution in [3.63, 3.8) is 0 Å². The van der Waals surface area contributed by atoms with E-state index in [0.717, 1.165) is 18.2 Å². The topological polar surface area (TPSA) is 32.5 Å². The fourth-order valence-corrected chi connectivity index (χ4v) is 3.51. The summed E-state index contributed by atoms with van der Waals surface area (Å²) >= 11 is 2.37. The Labute approximate surface area is 123 Å². The summed E-state index contributed by atoms with van der Waals surface area (Å²) in [4.78, 5) is 4.79. The molecule has 0 saturated carbocycles. The van der Waals surface area contributed by atoms with Gasteiger partial charge in [0.2, 0.25) is 0 Å². The third-order valence-corrected chi connectivity index (χ3v) is 4.62. The van der Waals surface area contributed by atoms with Crippen molar-refractivity contribution in [3.05, 3.63) is 21.8 Å². The fourth-order valence-electron chi connectivity index (χ4n) is 2.56. The van der Waals surface area contributed by atoms with E-state index in [1.54, 1.807) is 0 Å². The van der Waals surface area contributed by atoms with Crippen LogP contribution in [0.15, 0.2) is 18.2 Å². The summed E-state index contributed by atoms with van der Waals surface area (Å²) in [6.45, 7) is 3.61. The Morgan fingerprint density at radius 2 is 2.06 bits per heavy atom. The smallest absolute Gasteiger partial charge is 0.0500 e. The van der Waals surface area contributed by atoms with E-state index in [1.807, 2.05) is 12.1 Å². The molecule has 2 N–H and O–H groups in total. The second-order valence-corrected chi connectivity index (χ2v) is 6.50. The molecule has 18 heavy (non-hydrogen) atoms. The van der Waals surface area contributed by atoms with Gasteiger partial charge in [-0.05, 0) is 79.7 Å². The van der Waals surface area contributed by atoms with Crippen LogP contribution < -0.4 is 10.6 Å². The molecule has 1 saturated heterocycles. The monoisotopic (exact) mass is 359 g/mol. The van der Waals surface area contributed by atoms with Crippen LogP contribution in [0.4, 0.5) is 11.4 Å². The lowest BCUT2D eigenvalue weighted by Crippen LogP contribution is -2.35. The van der Waals surface area contributed by atoms with Crippen LogP contribution in [0.3, 0.4) is 0 Å². The maximum absolute atomic E-state index is 5.80. The molecular weight excluding hydrogens is 337 g/mol. The molecule has 0 radical (unpaired) electrons. The highest BCUT2D eigenvalue weighted by molar-refractivity contribution is 14.1. The summed E-state index contributed by atoms with van der Waals surface area (Å²) in [6.07, 6.45) is 2.62. The van der Waals surface area contributed by atoms with Crippen molar-refractivity contribution in [1.82, 2.24) is 4.90 Å². The van der Waals surface area contributed by atoms with E-state index >= 15 is 0 Å². The first-order valence-electron chi connectivity index (χ1n) is 6.51. The standard InChI is InChI=1S/C14H22IN3/c1-17-7-5-11(6-8-17)10-18(2)14-4-3-12(16)9-13(14)15/h3-4,9,11H,5-8,10,16H2,1-2H3. The molecule has 0 bridgehead atoms. The first-order valence-corrected chi connectivity index (χ1v) is 7.59. The third kappa shape index (κ3) is 3.51. The molecule has 0 atom stereocenters. The minimum Gasteiger partial charge on any atom is -0.399 e. The maximum Gasteiger partial charge on any atom is 0.0500 e. The van der Waals surface area contributed by atoms with Gasteiger partial charge < -0.3 is 15.5 Å². The normalized spacial score (nSPS) is 17.9. The Bertz CT molecular complexity index is 400. The molecule has 0 aliphatic carbocycles. The van der Waals surface area contributed by atoms with Crippen molar-refractivity contribution >= 4 is 34.0 Å². The van der Waals surface area contributed by atoms with E-state index in [0.29, 0.717) is 0 Å². The summed E-state index contributed by atoms with van der Waals surface area (Å²) in [5, 5.41) is 0. The molecule has 1 aromatic rings. The van der Waals surface area contributed by atoms with Gasteiger partial charge in [0.15, 0.2) is 0 Å². The average Bonchev–Trinajstić information content (AvgIpc) is 2.32. The maximum atomic E-state index is 5.80. The van der Waals surface area contributed by atoms with E-state index in [1.165, 1.54) is 35.2 Å². The van der Waals surface area contributed by atoms with Crippen LogP contribution in [0.5, 0.6) is 0 Å². The number of hydrogen-bond acceptors (Lipinski definition) is 3. The van der Waals surface area contributed by atoms with Gasteiger partial charge in [0, 0.05) is 22.8 Å². The molecule has 100 valence electrons. The number of hydrogen-bond donors (Lipinski definition) is 1. The highest BCUT2D eigenvalue weighted by atomic mass is 127. The molecular formula is C14H22IN3. The van der Waals surface area contributed by atoms with Crippen LogP contribution in [-0.2, 0) is 0 Å². The number of nitrogens with zero attached hydrogens (tertiary/aromatic N) is 2. The predicted octanol–water partition coefficient (Wildman–Crippen LogP) is 2.65. The molecule has 1 aliphatic heterocycles. The molecule has 3 nitrogen and oxygen atoms in total. The van der Waals surface area contributed by atoms with Gasteiger partial charge >= 0.3 is 0 Å². The number of rotatable bonds is 3. The number of likely N-dealkylation sites (tertiary alicyclic amines) is 1. The second-order valence-electron chi connectivity index (χ2n) is 5.34. The summed E-state index contributed by atoms with van der Waals surface area (Å²) < 4.78 is 1.24. The Balaban J connectivity index is 1.97. The molecule has 2 rings (SSSR count). The van der Waals surface area contributed by atoms with Crippen molar-refractivity contribution in [2.75, 3.05) is 44.4 Å². The van der Waals surface area contributed by atoms with Crippen LogP contribution in [0.1, 0.15) is 12.8 Å². The molecule has 1 aromatic carbocycles. The first kappa shape index (κ1) is 13.9. The summed E-state index contributed by atoms with van der Waals surface area (Å²) in [5.74, 6) is 0.819. The van der Waals surface area contributed by atoms with Gasteiger partial charge in [-0.2, -0.15) is 0 Å². The highest BCUT2D eigenvalue weighted by Crippen LogP contribution is 2.26. The number of nitrogen functional groups attached to an aromatic ring is 1. The lowest BCUT2D eigenvalue weighted by molar-refractivity contribution is 0.222. The van der Waals surface area contributed by atoms with Crippen LogP contribution in [0, 0.1) is 9.49 Å². The fraction of sp³-hybridized carbons (Fsp3) is 0.571. The van der Waals surface area contributed by atoms with Crippen molar-refractivity contribution in [1.29, 1.82) is 0 Å². The summed E-state index contributed by atoms with van der Waals surface area (Å²) in [7, 11) is 4.40. The summed E-state index contributed by atoms with van der Waals surface area (Å²) in [6, 6.07) is 6.16. The molecule has 0 unspecified atom stereocenters. The Morgan fingerprint density at radius 1 is 1.39 bits per heavy atom. The summed E-state index contributed by atoms with van der Waals surface area (Å²) in [5.41, 5.74) is 7.94. The molecule has 1 fully saturated rings. The van der Waals surface area contributed by atoms with E-state index in [9.17, 15) is 0 Å². The van der Waals surface area contributed by atoms with Gasteiger partial charge in [0.05, 0.1) is 5.69 Å². The lowest BCUT2D eigenvalue weighted by Gasteiger charge is -2.32. The molecule has 0 amide bonds. The van der Waals surface area contributed by atoms with Gasteiger partial charge in [-0.3, -0.25) is 0 Å². The molecule has 0 spiro atoms. The molecule has 0 aromatic heterocycles. The van der Waals surface area contributed by atoms with Gasteiger partial charge in [-0.25, -0.2) is 0 Å². The SMILES string of the molecule is CN1CCC(CN(C)c2ccc(N)cc2I)CC1. The van der Waals surface area contributed by atoms with Gasteiger partial charge in [0.1, 0.15) is 0 Å². The highest BCUT2D eigenvalue weighted by Gasteiger charge is 2.19. The zero-order valence-corrected chi connectivity index (χ0v) is 13.4. The zero-order valence-electron chi connectivity index (χ0n) is 11.2. The van der Waals surface area contributed by atoms with E-state index < -0.39 is 0 Å². The van der Waals surface area contributed by atoms with Crippen LogP contribution >= 0.6 is 22.6 Å². The average molecular weight is 359 g/mol. The van der Waals surface area contributed by atoms with Crippen LogP contribution in [0.25, 0.3) is 0 Å². The Kier molecular flexibility index (Phi) is 4.72. The lowest BCUT2D eigenvalue weighted by atomic mass is 9.96. The van der Waals surface area contributed by atoms with E-state index in [2.05, 4.69) is 52.6 Å². The number of anilines is 2. The Hall–Kier alpha value is -0.490. The van der Waals surface area contributed by atoms with Gasteiger partial charge in [0.25, 0.3) is 0 Å². The largest absolute Gasteiger partial charge is 0.399 e. The van der Waals surface area contributed by atoms with Crippen molar-refractivity contribution in [2.45, 2.75) is 12.8 Å². The van der Waals surface area contributed by atoms with Crippen molar-refractivity contribution < 1.29 is 0 Å². The quantitative estimate of drug-likeness (QED) is 0.665. The number of nitrogens with two attached hydrogens (primary N) is 1. The third-order valence-electron chi connectivity index (χ3n) is 3.75. The Morgan fingerprint density at radius 3 is 2.67 bits per heavy atom. The van der Waals surface area contributed by atoms with Crippen LogP contribution in [0.2, 0.25) is 0 Å². The van der Waals surface area contributed by atoms with Crippen molar-refractivity contribution in [2.24, 2.45) is 5.92 Å². The van der Waals surface area contributed by atoms with Crippen molar-refractivity contribution in [3.8, 4) is 0 Å². The first-order chi connectivity index (χ1) is 8.56. The number of halogens is 1. The number of benzene rings is 1. The zero-order chi connectivity index (χ0) is 13.1. The molecule has 4 heteroatoms. The van der Waals surface area contributed by atoms with Crippen LogP contribution in [-0.4, -0.2) is 38.6 Å². The van der Waals surface area contributed by atoms with Gasteiger partial charge in [-0.1, -0.05) is 0 Å². The van der Waals surface area contributed by atoms with E-state index in [4.69, 9.17) is 5.73 Å². The minimum absolute atomic E-state index is 0.819. The molecule has 1 aliphatic rings.